The van der Waals surface area contributed by atoms with E-state index in [-0.39, 0.29) is 11.9 Å². The van der Waals surface area contributed by atoms with Gasteiger partial charge in [0.05, 0.1) is 5.71 Å². The smallest absolute Gasteiger partial charge is 0.123 e. The first-order valence-electron chi connectivity index (χ1n) is 7.58. The summed E-state index contributed by atoms with van der Waals surface area (Å²) in [4.78, 5) is 2.36. The molecular weight excluding hydrogens is 271 g/mol. The molecule has 0 saturated carbocycles. The summed E-state index contributed by atoms with van der Waals surface area (Å²) in [5.41, 5.74) is 1.87. The molecule has 3 rings (SSSR count). The molecule has 1 fully saturated rings. The molecule has 21 heavy (non-hydrogen) atoms. The van der Waals surface area contributed by atoms with Crippen molar-refractivity contribution in [2.45, 2.75) is 32.3 Å². The van der Waals surface area contributed by atoms with Crippen LogP contribution in [0.4, 0.5) is 4.39 Å². The van der Waals surface area contributed by atoms with Crippen molar-refractivity contribution in [3.8, 4) is 5.75 Å². The van der Waals surface area contributed by atoms with Crippen LogP contribution < -0.4 is 4.74 Å². The van der Waals surface area contributed by atoms with Gasteiger partial charge >= 0.3 is 0 Å². The first-order valence-corrected chi connectivity index (χ1v) is 7.58. The van der Waals surface area contributed by atoms with Crippen molar-refractivity contribution >= 4 is 5.71 Å². The van der Waals surface area contributed by atoms with Crippen molar-refractivity contribution in [2.75, 3.05) is 19.6 Å². The molecule has 2 aliphatic rings. The van der Waals surface area contributed by atoms with Gasteiger partial charge in [-0.1, -0.05) is 12.1 Å². The third kappa shape index (κ3) is 3.02. The van der Waals surface area contributed by atoms with E-state index in [4.69, 9.17) is 9.94 Å². The van der Waals surface area contributed by atoms with Gasteiger partial charge in [0.25, 0.3) is 0 Å². The standard InChI is InChI=1S/C16H21FN2O2/c1-2-11-9-19(6-5-15(11)18-20)10-14-8-12-7-13(17)3-4-16(12)21-14/h3-4,7,11,14,20H,2,5-6,8-10H2,1H3/b18-15+. The molecule has 1 aromatic carbocycles. The first-order chi connectivity index (χ1) is 10.2. The molecule has 114 valence electrons. The monoisotopic (exact) mass is 292 g/mol. The lowest BCUT2D eigenvalue weighted by molar-refractivity contribution is 0.136. The summed E-state index contributed by atoms with van der Waals surface area (Å²) in [6, 6.07) is 4.72. The zero-order valence-corrected chi connectivity index (χ0v) is 12.3. The zero-order chi connectivity index (χ0) is 14.8. The minimum absolute atomic E-state index is 0.0897. The summed E-state index contributed by atoms with van der Waals surface area (Å²) >= 11 is 0. The first kappa shape index (κ1) is 14.3. The topological polar surface area (TPSA) is 45.1 Å². The predicted octanol–water partition coefficient (Wildman–Crippen LogP) is 2.69. The molecule has 0 amide bonds. The molecular formula is C16H21FN2O2. The highest BCUT2D eigenvalue weighted by Crippen LogP contribution is 2.30. The van der Waals surface area contributed by atoms with Crippen LogP contribution >= 0.6 is 0 Å². The molecule has 0 aromatic heterocycles. The lowest BCUT2D eigenvalue weighted by Crippen LogP contribution is -2.44. The van der Waals surface area contributed by atoms with Crippen molar-refractivity contribution < 1.29 is 14.3 Å². The average molecular weight is 292 g/mol. The second kappa shape index (κ2) is 6.02. The fraction of sp³-hybridized carbons (Fsp3) is 0.562. The van der Waals surface area contributed by atoms with E-state index in [9.17, 15) is 4.39 Å². The van der Waals surface area contributed by atoms with Gasteiger partial charge in [-0.05, 0) is 24.6 Å². The Morgan fingerprint density at radius 3 is 3.10 bits per heavy atom. The number of oxime groups is 1. The maximum absolute atomic E-state index is 13.2. The van der Waals surface area contributed by atoms with Crippen LogP contribution in [0.5, 0.6) is 5.75 Å². The minimum atomic E-state index is -0.203. The molecule has 1 aromatic rings. The number of rotatable bonds is 3. The van der Waals surface area contributed by atoms with Crippen molar-refractivity contribution in [2.24, 2.45) is 11.1 Å². The van der Waals surface area contributed by atoms with Crippen LogP contribution in [0, 0.1) is 11.7 Å². The lowest BCUT2D eigenvalue weighted by Gasteiger charge is -2.34. The fourth-order valence-electron chi connectivity index (χ4n) is 3.33. The second-order valence-corrected chi connectivity index (χ2v) is 5.90. The van der Waals surface area contributed by atoms with E-state index in [1.54, 1.807) is 12.1 Å². The van der Waals surface area contributed by atoms with Crippen LogP contribution in [0.2, 0.25) is 0 Å². The van der Waals surface area contributed by atoms with Crippen LogP contribution in [0.1, 0.15) is 25.3 Å². The minimum Gasteiger partial charge on any atom is -0.488 e. The van der Waals surface area contributed by atoms with E-state index in [0.29, 0.717) is 5.92 Å². The number of benzene rings is 1. The van der Waals surface area contributed by atoms with Crippen molar-refractivity contribution in [3.63, 3.8) is 0 Å². The zero-order valence-electron chi connectivity index (χ0n) is 12.3. The number of halogens is 1. The lowest BCUT2D eigenvalue weighted by atomic mass is 9.93. The average Bonchev–Trinajstić information content (AvgIpc) is 2.88. The van der Waals surface area contributed by atoms with Gasteiger partial charge in [-0.25, -0.2) is 4.39 Å². The largest absolute Gasteiger partial charge is 0.488 e. The maximum atomic E-state index is 13.2. The Morgan fingerprint density at radius 1 is 1.48 bits per heavy atom. The Morgan fingerprint density at radius 2 is 2.33 bits per heavy atom. The van der Waals surface area contributed by atoms with Gasteiger partial charge < -0.3 is 9.94 Å². The second-order valence-electron chi connectivity index (χ2n) is 5.90. The molecule has 2 unspecified atom stereocenters. The molecule has 4 nitrogen and oxygen atoms in total. The molecule has 0 bridgehead atoms. The van der Waals surface area contributed by atoms with Crippen LogP contribution in [-0.2, 0) is 6.42 Å². The van der Waals surface area contributed by atoms with Crippen molar-refractivity contribution in [1.29, 1.82) is 0 Å². The number of ether oxygens (including phenoxy) is 1. The molecule has 1 saturated heterocycles. The Labute approximate surface area is 124 Å². The van der Waals surface area contributed by atoms with E-state index in [2.05, 4.69) is 17.0 Å². The van der Waals surface area contributed by atoms with Gasteiger partial charge in [0.1, 0.15) is 17.7 Å². The summed E-state index contributed by atoms with van der Waals surface area (Å²) in [7, 11) is 0. The van der Waals surface area contributed by atoms with E-state index >= 15 is 0 Å². The third-order valence-electron chi connectivity index (χ3n) is 4.48. The van der Waals surface area contributed by atoms with Gasteiger partial charge in [0, 0.05) is 44.0 Å². The van der Waals surface area contributed by atoms with E-state index in [0.717, 1.165) is 55.9 Å². The molecule has 0 aliphatic carbocycles. The molecule has 2 aliphatic heterocycles. The number of hydrogen-bond acceptors (Lipinski definition) is 4. The van der Waals surface area contributed by atoms with Gasteiger partial charge in [-0.2, -0.15) is 0 Å². The summed E-state index contributed by atoms with van der Waals surface area (Å²) < 4.78 is 19.1. The van der Waals surface area contributed by atoms with Gasteiger partial charge in [0.15, 0.2) is 0 Å². The number of piperidine rings is 1. The molecule has 5 heteroatoms. The Bertz CT molecular complexity index is 547. The Balaban J connectivity index is 1.59. The van der Waals surface area contributed by atoms with Crippen LogP contribution in [0.15, 0.2) is 23.4 Å². The Kier molecular flexibility index (Phi) is 4.10. The summed E-state index contributed by atoms with van der Waals surface area (Å²) in [5, 5.41) is 12.4. The van der Waals surface area contributed by atoms with Crippen LogP contribution in [0.25, 0.3) is 0 Å². The highest BCUT2D eigenvalue weighted by Gasteiger charge is 2.29. The van der Waals surface area contributed by atoms with E-state index in [1.807, 2.05) is 0 Å². The SMILES string of the molecule is CCC1CN(CC2Cc3cc(F)ccc3O2)CC/C1=N\O. The number of fused-ring (bicyclic) bond motifs is 1. The normalized spacial score (nSPS) is 27.6. The molecule has 0 radical (unpaired) electrons. The number of nitrogens with zero attached hydrogens (tertiary/aromatic N) is 2. The van der Waals surface area contributed by atoms with Crippen LogP contribution in [0.3, 0.4) is 0 Å². The molecule has 1 N–H and O–H groups in total. The van der Waals surface area contributed by atoms with Crippen LogP contribution in [-0.4, -0.2) is 41.6 Å². The summed E-state index contributed by atoms with van der Waals surface area (Å²) in [5.74, 6) is 0.929. The summed E-state index contributed by atoms with van der Waals surface area (Å²) in [6.45, 7) is 4.75. The van der Waals surface area contributed by atoms with E-state index < -0.39 is 0 Å². The Hall–Kier alpha value is -1.62. The fourth-order valence-corrected chi connectivity index (χ4v) is 3.33. The van der Waals surface area contributed by atoms with Gasteiger partial charge in [0.2, 0.25) is 0 Å². The van der Waals surface area contributed by atoms with E-state index in [1.165, 1.54) is 6.07 Å². The predicted molar refractivity (Wildman–Crippen MR) is 78.6 cm³/mol. The number of likely N-dealkylation sites (tertiary alicyclic amines) is 1. The van der Waals surface area contributed by atoms with Gasteiger partial charge in [-0.15, -0.1) is 0 Å². The highest BCUT2D eigenvalue weighted by atomic mass is 19.1. The number of hydrogen-bond donors (Lipinski definition) is 1. The quantitative estimate of drug-likeness (QED) is 0.688. The third-order valence-corrected chi connectivity index (χ3v) is 4.48. The highest BCUT2D eigenvalue weighted by molar-refractivity contribution is 5.87. The summed E-state index contributed by atoms with van der Waals surface area (Å²) in [6.07, 6.45) is 2.64. The van der Waals surface area contributed by atoms with Crippen molar-refractivity contribution in [1.82, 2.24) is 4.90 Å². The maximum Gasteiger partial charge on any atom is 0.123 e. The molecule has 2 heterocycles. The van der Waals surface area contributed by atoms with Gasteiger partial charge in [-0.3, -0.25) is 4.90 Å². The van der Waals surface area contributed by atoms with Crippen molar-refractivity contribution in [3.05, 3.63) is 29.6 Å². The molecule has 2 atom stereocenters. The molecule has 0 spiro atoms.